The number of aryl methyl sites for hydroxylation is 1. The largest absolute Gasteiger partial charge is 0.312 e. The fourth-order valence-electron chi connectivity index (χ4n) is 1.41. The van der Waals surface area contributed by atoms with Crippen LogP contribution in [-0.2, 0) is 6.42 Å². The first-order valence-corrected chi connectivity index (χ1v) is 5.47. The molecular formula is C13H20FN. The SMILES string of the molecule is CC(C)(C)NCCCc1ccc(F)cc1. The summed E-state index contributed by atoms with van der Waals surface area (Å²) in [6, 6.07) is 6.75. The molecule has 0 unspecified atom stereocenters. The van der Waals surface area contributed by atoms with Crippen molar-refractivity contribution in [2.75, 3.05) is 6.54 Å². The molecule has 0 bridgehead atoms. The monoisotopic (exact) mass is 209 g/mol. The van der Waals surface area contributed by atoms with Gasteiger partial charge in [-0.25, -0.2) is 4.39 Å². The molecule has 0 heterocycles. The van der Waals surface area contributed by atoms with Crippen molar-refractivity contribution in [3.05, 3.63) is 35.6 Å². The van der Waals surface area contributed by atoms with Crippen LogP contribution in [0.3, 0.4) is 0 Å². The summed E-state index contributed by atoms with van der Waals surface area (Å²) in [5.41, 5.74) is 1.38. The van der Waals surface area contributed by atoms with Gasteiger partial charge in [0.15, 0.2) is 0 Å². The molecule has 0 fully saturated rings. The number of halogens is 1. The maximum atomic E-state index is 12.6. The molecular weight excluding hydrogens is 189 g/mol. The minimum absolute atomic E-state index is 0.161. The van der Waals surface area contributed by atoms with Crippen molar-refractivity contribution < 1.29 is 4.39 Å². The normalized spacial score (nSPS) is 11.7. The lowest BCUT2D eigenvalue weighted by Gasteiger charge is -2.20. The first-order valence-electron chi connectivity index (χ1n) is 5.47. The fourth-order valence-corrected chi connectivity index (χ4v) is 1.41. The minimum Gasteiger partial charge on any atom is -0.312 e. The highest BCUT2D eigenvalue weighted by molar-refractivity contribution is 5.15. The molecule has 0 saturated heterocycles. The quantitative estimate of drug-likeness (QED) is 0.751. The molecule has 0 saturated carbocycles. The van der Waals surface area contributed by atoms with Crippen LogP contribution in [0.5, 0.6) is 0 Å². The van der Waals surface area contributed by atoms with Crippen LogP contribution in [-0.4, -0.2) is 12.1 Å². The fraction of sp³-hybridized carbons (Fsp3) is 0.538. The summed E-state index contributed by atoms with van der Waals surface area (Å²) in [5.74, 6) is -0.161. The van der Waals surface area contributed by atoms with E-state index < -0.39 is 0 Å². The average Bonchev–Trinajstić information content (AvgIpc) is 2.14. The van der Waals surface area contributed by atoms with E-state index in [9.17, 15) is 4.39 Å². The number of hydrogen-bond acceptors (Lipinski definition) is 1. The van der Waals surface area contributed by atoms with Gasteiger partial charge in [0.1, 0.15) is 5.82 Å². The van der Waals surface area contributed by atoms with Crippen molar-refractivity contribution in [1.29, 1.82) is 0 Å². The first-order chi connectivity index (χ1) is 6.97. The van der Waals surface area contributed by atoms with Crippen LogP contribution >= 0.6 is 0 Å². The zero-order valence-electron chi connectivity index (χ0n) is 9.81. The third-order valence-electron chi connectivity index (χ3n) is 2.21. The highest BCUT2D eigenvalue weighted by Crippen LogP contribution is 2.05. The van der Waals surface area contributed by atoms with Crippen molar-refractivity contribution >= 4 is 0 Å². The second kappa shape index (κ2) is 5.26. The second-order valence-corrected chi connectivity index (χ2v) is 4.91. The Bertz CT molecular complexity index is 284. The highest BCUT2D eigenvalue weighted by atomic mass is 19.1. The first kappa shape index (κ1) is 12.2. The van der Waals surface area contributed by atoms with Gasteiger partial charge in [0.25, 0.3) is 0 Å². The molecule has 1 nitrogen and oxygen atoms in total. The Balaban J connectivity index is 2.23. The van der Waals surface area contributed by atoms with Crippen LogP contribution in [0, 0.1) is 5.82 Å². The Labute approximate surface area is 91.7 Å². The molecule has 1 aromatic rings. The van der Waals surface area contributed by atoms with Gasteiger partial charge >= 0.3 is 0 Å². The van der Waals surface area contributed by atoms with Crippen LogP contribution in [0.1, 0.15) is 32.8 Å². The molecule has 2 heteroatoms. The van der Waals surface area contributed by atoms with Crippen molar-refractivity contribution in [2.24, 2.45) is 0 Å². The maximum absolute atomic E-state index is 12.6. The summed E-state index contributed by atoms with van der Waals surface area (Å²) in [7, 11) is 0. The molecule has 0 aromatic heterocycles. The summed E-state index contributed by atoms with van der Waals surface area (Å²) < 4.78 is 12.6. The Morgan fingerprint density at radius 1 is 1.13 bits per heavy atom. The lowest BCUT2D eigenvalue weighted by molar-refractivity contribution is 0.422. The van der Waals surface area contributed by atoms with E-state index in [0.29, 0.717) is 0 Å². The molecule has 15 heavy (non-hydrogen) atoms. The van der Waals surface area contributed by atoms with E-state index in [0.717, 1.165) is 19.4 Å². The van der Waals surface area contributed by atoms with Gasteiger partial charge in [-0.05, 0) is 57.9 Å². The molecule has 0 aliphatic carbocycles. The van der Waals surface area contributed by atoms with Crippen molar-refractivity contribution in [2.45, 2.75) is 39.2 Å². The minimum atomic E-state index is -0.161. The Hall–Kier alpha value is -0.890. The van der Waals surface area contributed by atoms with Gasteiger partial charge in [0.2, 0.25) is 0 Å². The molecule has 84 valence electrons. The zero-order chi connectivity index (χ0) is 11.3. The number of hydrogen-bond donors (Lipinski definition) is 1. The third-order valence-corrected chi connectivity index (χ3v) is 2.21. The van der Waals surface area contributed by atoms with Gasteiger partial charge in [-0.3, -0.25) is 0 Å². The van der Waals surface area contributed by atoms with E-state index in [1.54, 1.807) is 0 Å². The van der Waals surface area contributed by atoms with Gasteiger partial charge < -0.3 is 5.32 Å². The van der Waals surface area contributed by atoms with Gasteiger partial charge in [-0.15, -0.1) is 0 Å². The van der Waals surface area contributed by atoms with E-state index in [-0.39, 0.29) is 11.4 Å². The number of benzene rings is 1. The number of nitrogens with one attached hydrogen (secondary N) is 1. The molecule has 0 amide bonds. The van der Waals surface area contributed by atoms with Crippen LogP contribution in [0.4, 0.5) is 4.39 Å². The smallest absolute Gasteiger partial charge is 0.123 e. The van der Waals surface area contributed by atoms with Gasteiger partial charge in [-0.2, -0.15) is 0 Å². The second-order valence-electron chi connectivity index (χ2n) is 4.91. The van der Waals surface area contributed by atoms with Gasteiger partial charge in [0, 0.05) is 5.54 Å². The van der Waals surface area contributed by atoms with Crippen LogP contribution < -0.4 is 5.32 Å². The molecule has 0 atom stereocenters. The topological polar surface area (TPSA) is 12.0 Å². The van der Waals surface area contributed by atoms with Crippen LogP contribution in [0.2, 0.25) is 0 Å². The highest BCUT2D eigenvalue weighted by Gasteiger charge is 2.06. The molecule has 0 aliphatic rings. The van der Waals surface area contributed by atoms with Crippen molar-refractivity contribution in [3.63, 3.8) is 0 Å². The molecule has 1 rings (SSSR count). The Kier molecular flexibility index (Phi) is 4.28. The van der Waals surface area contributed by atoms with Crippen LogP contribution in [0.15, 0.2) is 24.3 Å². The predicted molar refractivity (Wildman–Crippen MR) is 62.5 cm³/mol. The summed E-state index contributed by atoms with van der Waals surface area (Å²) in [6.45, 7) is 7.47. The van der Waals surface area contributed by atoms with E-state index in [2.05, 4.69) is 26.1 Å². The summed E-state index contributed by atoms with van der Waals surface area (Å²) >= 11 is 0. The Morgan fingerprint density at radius 3 is 2.27 bits per heavy atom. The molecule has 0 aliphatic heterocycles. The zero-order valence-corrected chi connectivity index (χ0v) is 9.81. The lowest BCUT2D eigenvalue weighted by Crippen LogP contribution is -2.36. The van der Waals surface area contributed by atoms with E-state index >= 15 is 0 Å². The van der Waals surface area contributed by atoms with E-state index in [1.807, 2.05) is 12.1 Å². The molecule has 1 aromatic carbocycles. The third kappa shape index (κ3) is 5.53. The molecule has 0 radical (unpaired) electrons. The van der Waals surface area contributed by atoms with Crippen LogP contribution in [0.25, 0.3) is 0 Å². The molecule has 0 spiro atoms. The summed E-state index contributed by atoms with van der Waals surface area (Å²) in [5, 5.41) is 3.43. The summed E-state index contributed by atoms with van der Waals surface area (Å²) in [6.07, 6.45) is 2.09. The van der Waals surface area contributed by atoms with E-state index in [4.69, 9.17) is 0 Å². The summed E-state index contributed by atoms with van der Waals surface area (Å²) in [4.78, 5) is 0. The standard InChI is InChI=1S/C13H20FN/c1-13(2,3)15-10-4-5-11-6-8-12(14)9-7-11/h6-9,15H,4-5,10H2,1-3H3. The average molecular weight is 209 g/mol. The van der Waals surface area contributed by atoms with E-state index in [1.165, 1.54) is 17.7 Å². The maximum Gasteiger partial charge on any atom is 0.123 e. The van der Waals surface area contributed by atoms with Gasteiger partial charge in [0.05, 0.1) is 0 Å². The number of rotatable bonds is 4. The van der Waals surface area contributed by atoms with Crippen molar-refractivity contribution in [1.82, 2.24) is 5.32 Å². The van der Waals surface area contributed by atoms with Crippen molar-refractivity contribution in [3.8, 4) is 0 Å². The Morgan fingerprint density at radius 2 is 1.73 bits per heavy atom. The lowest BCUT2D eigenvalue weighted by atomic mass is 10.1. The van der Waals surface area contributed by atoms with Gasteiger partial charge in [-0.1, -0.05) is 12.1 Å². The molecule has 1 N–H and O–H groups in total. The predicted octanol–water partition coefficient (Wildman–Crippen LogP) is 3.15.